The number of hydrogen-bond acceptors (Lipinski definition) is 8. The number of nitrogens with two attached hydrogens (primary N) is 1. The van der Waals surface area contributed by atoms with Crippen molar-refractivity contribution in [1.82, 2.24) is 15.3 Å². The van der Waals surface area contributed by atoms with E-state index in [2.05, 4.69) is 15.3 Å². The van der Waals surface area contributed by atoms with E-state index < -0.39 is 24.3 Å². The van der Waals surface area contributed by atoms with Crippen LogP contribution in [0.3, 0.4) is 0 Å². The molecule has 4 aromatic rings. The Kier molecular flexibility index (Phi) is 9.32. The molecular formula is C36H38F3N5O3S. The number of carboxylic acid groups (broad SMARTS) is 1. The lowest BCUT2D eigenvalue weighted by Gasteiger charge is -2.39. The predicted octanol–water partition coefficient (Wildman–Crippen LogP) is 7.45. The number of alkyl halides is 3. The van der Waals surface area contributed by atoms with Gasteiger partial charge in [0.15, 0.2) is 0 Å². The first-order valence-electron chi connectivity index (χ1n) is 15.8. The minimum Gasteiger partial charge on any atom is -0.480 e. The second-order valence-corrected chi connectivity index (χ2v) is 13.6. The highest BCUT2D eigenvalue weighted by Crippen LogP contribution is 2.44. The number of nitrogens with one attached hydrogen (secondary N) is 1. The summed E-state index contributed by atoms with van der Waals surface area (Å²) in [5.41, 5.74) is 10.8. The van der Waals surface area contributed by atoms with Crippen LogP contribution in [0.25, 0.3) is 22.3 Å². The topological polar surface area (TPSA) is 114 Å². The van der Waals surface area contributed by atoms with Gasteiger partial charge in [0.05, 0.1) is 0 Å². The van der Waals surface area contributed by atoms with Gasteiger partial charge in [-0.05, 0) is 96.4 Å². The van der Waals surface area contributed by atoms with Gasteiger partial charge in [-0.15, -0.1) is 11.8 Å². The summed E-state index contributed by atoms with van der Waals surface area (Å²) >= 11 is 1.51. The molecule has 3 heterocycles. The fourth-order valence-electron chi connectivity index (χ4n) is 6.69. The zero-order valence-electron chi connectivity index (χ0n) is 27.0. The number of aliphatic carboxylic acids is 1. The molecule has 0 amide bonds. The normalized spacial score (nSPS) is 18.2. The second kappa shape index (κ2) is 13.3. The predicted molar refractivity (Wildman–Crippen MR) is 182 cm³/mol. The van der Waals surface area contributed by atoms with E-state index >= 15 is 13.2 Å². The number of nitrogens with zero attached hydrogens (tertiary/aromatic N) is 3. The highest BCUT2D eigenvalue weighted by Gasteiger charge is 2.46. The largest absolute Gasteiger partial charge is 0.480 e. The van der Waals surface area contributed by atoms with E-state index in [9.17, 15) is 9.90 Å². The van der Waals surface area contributed by atoms with Crippen LogP contribution in [-0.2, 0) is 4.79 Å². The minimum absolute atomic E-state index is 0.0475. The van der Waals surface area contributed by atoms with Crippen molar-refractivity contribution in [2.24, 2.45) is 5.41 Å². The summed E-state index contributed by atoms with van der Waals surface area (Å²) in [4.78, 5) is 22.7. The lowest BCUT2D eigenvalue weighted by atomic mass is 9.76. The van der Waals surface area contributed by atoms with E-state index in [1.165, 1.54) is 23.9 Å². The van der Waals surface area contributed by atoms with Gasteiger partial charge in [-0.1, -0.05) is 42.5 Å². The molecule has 2 saturated heterocycles. The molecule has 2 aliphatic rings. The van der Waals surface area contributed by atoms with Gasteiger partial charge in [0, 0.05) is 36.2 Å². The number of halogens is 3. The van der Waals surface area contributed by atoms with E-state index in [1.807, 2.05) is 61.4 Å². The van der Waals surface area contributed by atoms with Gasteiger partial charge < -0.3 is 25.8 Å². The number of piperidine rings is 1. The molecule has 8 nitrogen and oxygen atoms in total. The monoisotopic (exact) mass is 677 g/mol. The van der Waals surface area contributed by atoms with E-state index in [0.29, 0.717) is 55.8 Å². The number of aryl methyl sites for hydroxylation is 2. The molecule has 2 aliphatic heterocycles. The van der Waals surface area contributed by atoms with Crippen molar-refractivity contribution in [3.63, 3.8) is 0 Å². The number of carbonyl (C=O) groups is 1. The molecule has 3 aromatic carbocycles. The Bertz CT molecular complexity index is 1830. The summed E-state index contributed by atoms with van der Waals surface area (Å²) in [6, 6.07) is 19.2. The smallest absolute Gasteiger partial charge is 0.429 e. The van der Waals surface area contributed by atoms with Crippen LogP contribution in [0.15, 0.2) is 71.6 Å². The number of rotatable bonds is 8. The molecule has 0 bridgehead atoms. The zero-order valence-corrected chi connectivity index (χ0v) is 27.8. The maximum atomic E-state index is 15.0. The van der Waals surface area contributed by atoms with Crippen LogP contribution in [0.5, 0.6) is 5.88 Å². The van der Waals surface area contributed by atoms with Crippen LogP contribution < -0.4 is 20.7 Å². The molecule has 6 rings (SSSR count). The first-order chi connectivity index (χ1) is 22.8. The van der Waals surface area contributed by atoms with Crippen LogP contribution in [0.2, 0.25) is 0 Å². The van der Waals surface area contributed by atoms with Crippen molar-refractivity contribution in [2.45, 2.75) is 56.3 Å². The summed E-state index contributed by atoms with van der Waals surface area (Å²) in [6.07, 6.45) is -3.26. The van der Waals surface area contributed by atoms with Gasteiger partial charge in [-0.3, -0.25) is 4.79 Å². The number of aromatic nitrogens is 2. The third-order valence-corrected chi connectivity index (χ3v) is 10.3. The van der Waals surface area contributed by atoms with Gasteiger partial charge in [0.25, 0.3) is 0 Å². The number of thioether (sulfide) groups is 1. The molecule has 2 fully saturated rings. The first-order valence-corrected chi connectivity index (χ1v) is 17.0. The van der Waals surface area contributed by atoms with Gasteiger partial charge in [0.1, 0.15) is 11.9 Å². The standard InChI is InChI=1S/C36H38F3N5O3S/c1-21-7-8-23(15-22(21)2)24-9-10-27(28(17-24)25-5-4-6-26(16-25)48-3)32(36(37,38)39)47-31-18-30(42-34(40)43-31)44-13-11-35(12-14-44)19-29(33(45)46)41-20-35/h4-10,15-18,29,32,41H,11-14,19-20H2,1-3H3,(H,45,46)(H2,40,42,43)/t29-,32+/m0/s1. The van der Waals surface area contributed by atoms with Crippen LogP contribution in [0.1, 0.15) is 42.1 Å². The van der Waals surface area contributed by atoms with Crippen LogP contribution in [0.4, 0.5) is 24.9 Å². The molecule has 0 radical (unpaired) electrons. The maximum Gasteiger partial charge on any atom is 0.429 e. The Labute approximate surface area is 281 Å². The van der Waals surface area contributed by atoms with Crippen LogP contribution >= 0.6 is 11.8 Å². The maximum absolute atomic E-state index is 15.0. The lowest BCUT2D eigenvalue weighted by Crippen LogP contribution is -2.41. The van der Waals surface area contributed by atoms with E-state index in [1.54, 1.807) is 18.2 Å². The SMILES string of the molecule is CSc1cccc(-c2cc(-c3ccc(C)c(C)c3)ccc2[C@@H](Oc2cc(N3CCC4(CC3)CN[C@H](C(=O)O)C4)nc(N)n2)C(F)(F)F)c1. The molecule has 12 heteroatoms. The lowest BCUT2D eigenvalue weighted by molar-refractivity contribution is -0.198. The summed E-state index contributed by atoms with van der Waals surface area (Å²) in [7, 11) is 0. The van der Waals surface area contributed by atoms with Gasteiger partial charge >= 0.3 is 12.1 Å². The fraction of sp³-hybridized carbons (Fsp3) is 0.361. The van der Waals surface area contributed by atoms with Crippen molar-refractivity contribution in [1.29, 1.82) is 0 Å². The van der Waals surface area contributed by atoms with Crippen LogP contribution in [0, 0.1) is 19.3 Å². The summed E-state index contributed by atoms with van der Waals surface area (Å²) in [6.45, 7) is 5.72. The Morgan fingerprint density at radius 3 is 2.42 bits per heavy atom. The highest BCUT2D eigenvalue weighted by atomic mass is 32.2. The zero-order chi connectivity index (χ0) is 34.2. The number of anilines is 2. The van der Waals surface area contributed by atoms with Crippen molar-refractivity contribution in [2.75, 3.05) is 36.5 Å². The van der Waals surface area contributed by atoms with E-state index in [-0.39, 0.29) is 22.8 Å². The summed E-state index contributed by atoms with van der Waals surface area (Å²) in [5, 5.41) is 12.5. The summed E-state index contributed by atoms with van der Waals surface area (Å²) in [5.74, 6) is -0.975. The molecule has 252 valence electrons. The molecule has 0 aliphatic carbocycles. The molecule has 2 atom stereocenters. The number of nitrogen functional groups attached to an aromatic ring is 1. The van der Waals surface area contributed by atoms with E-state index in [0.717, 1.165) is 27.1 Å². The first kappa shape index (κ1) is 33.6. The summed E-state index contributed by atoms with van der Waals surface area (Å²) < 4.78 is 50.8. The molecule has 1 spiro atoms. The number of carboxylic acids is 1. The molecular weight excluding hydrogens is 639 g/mol. The minimum atomic E-state index is -4.79. The Hall–Kier alpha value is -4.29. The van der Waals surface area contributed by atoms with Gasteiger partial charge in [-0.2, -0.15) is 23.1 Å². The van der Waals surface area contributed by atoms with Gasteiger partial charge in [-0.25, -0.2) is 0 Å². The second-order valence-electron chi connectivity index (χ2n) is 12.8. The number of benzene rings is 3. The number of ether oxygens (including phenoxy) is 1. The highest BCUT2D eigenvalue weighted by molar-refractivity contribution is 7.98. The number of hydrogen-bond donors (Lipinski definition) is 3. The average Bonchev–Trinajstić information content (AvgIpc) is 3.48. The average molecular weight is 678 g/mol. The quantitative estimate of drug-likeness (QED) is 0.164. The van der Waals surface area contributed by atoms with Crippen molar-refractivity contribution in [3.05, 3.63) is 83.4 Å². The van der Waals surface area contributed by atoms with Crippen molar-refractivity contribution < 1.29 is 27.8 Å². The fourth-order valence-corrected chi connectivity index (χ4v) is 7.15. The van der Waals surface area contributed by atoms with Crippen molar-refractivity contribution >= 4 is 29.5 Å². The Balaban J connectivity index is 1.34. The molecule has 1 aromatic heterocycles. The third kappa shape index (κ3) is 7.09. The third-order valence-electron chi connectivity index (χ3n) is 9.61. The van der Waals surface area contributed by atoms with Crippen molar-refractivity contribution in [3.8, 4) is 28.1 Å². The van der Waals surface area contributed by atoms with Gasteiger partial charge in [0.2, 0.25) is 17.9 Å². The molecule has 48 heavy (non-hydrogen) atoms. The van der Waals surface area contributed by atoms with E-state index in [4.69, 9.17) is 10.5 Å². The Morgan fingerprint density at radius 1 is 1.02 bits per heavy atom. The van der Waals surface area contributed by atoms with Crippen LogP contribution in [-0.4, -0.2) is 59.2 Å². The Morgan fingerprint density at radius 2 is 1.75 bits per heavy atom. The molecule has 0 saturated carbocycles. The molecule has 0 unspecified atom stereocenters. The molecule has 4 N–H and O–H groups in total.